The summed E-state index contributed by atoms with van der Waals surface area (Å²) in [5, 5.41) is 0.00671. The van der Waals surface area contributed by atoms with Gasteiger partial charge in [-0.3, -0.25) is 4.79 Å². The van der Waals surface area contributed by atoms with Gasteiger partial charge in [-0.15, -0.1) is 11.8 Å². The fourth-order valence-corrected chi connectivity index (χ4v) is 4.41. The van der Waals surface area contributed by atoms with Crippen molar-refractivity contribution in [1.29, 1.82) is 0 Å². The summed E-state index contributed by atoms with van der Waals surface area (Å²) in [5.74, 6) is 2.55. The smallest absolute Gasteiger partial charge is 0.247 e. The van der Waals surface area contributed by atoms with E-state index < -0.39 is 0 Å². The minimum absolute atomic E-state index is 0.00671. The number of para-hydroxylation sites is 1. The zero-order valence-electron chi connectivity index (χ0n) is 15.4. The van der Waals surface area contributed by atoms with Crippen LogP contribution in [-0.4, -0.2) is 23.1 Å². The number of carbonyl (C=O) groups is 1. The molecule has 4 rings (SSSR count). The van der Waals surface area contributed by atoms with Gasteiger partial charge in [0.25, 0.3) is 0 Å². The molecule has 0 N–H and O–H groups in total. The summed E-state index contributed by atoms with van der Waals surface area (Å²) in [7, 11) is 0. The van der Waals surface area contributed by atoms with Crippen LogP contribution < -0.4 is 4.74 Å². The van der Waals surface area contributed by atoms with Gasteiger partial charge >= 0.3 is 0 Å². The molecular formula is C24H21NO2S. The molecule has 3 aromatic carbocycles. The molecule has 1 atom stereocenters. The number of amides is 1. The highest BCUT2D eigenvalue weighted by atomic mass is 32.2. The normalized spacial score (nSPS) is 16.4. The summed E-state index contributed by atoms with van der Waals surface area (Å²) < 4.78 is 5.95. The summed E-state index contributed by atoms with van der Waals surface area (Å²) in [4.78, 5) is 14.7. The minimum Gasteiger partial charge on any atom is -0.457 e. The van der Waals surface area contributed by atoms with Crippen LogP contribution in [0.2, 0.25) is 0 Å². The maximum Gasteiger partial charge on any atom is 0.247 e. The lowest BCUT2D eigenvalue weighted by molar-refractivity contribution is -0.126. The van der Waals surface area contributed by atoms with Crippen molar-refractivity contribution >= 4 is 23.7 Å². The molecule has 0 saturated carbocycles. The lowest BCUT2D eigenvalue weighted by Gasteiger charge is -2.23. The first-order chi connectivity index (χ1) is 13.8. The molecule has 0 radical (unpaired) electrons. The molecule has 1 heterocycles. The Balaban J connectivity index is 1.49. The zero-order chi connectivity index (χ0) is 19.2. The van der Waals surface area contributed by atoms with Crippen molar-refractivity contribution in [2.45, 2.75) is 5.37 Å². The number of carbonyl (C=O) groups excluding carboxylic acids is 1. The Morgan fingerprint density at radius 3 is 2.43 bits per heavy atom. The zero-order valence-corrected chi connectivity index (χ0v) is 16.2. The van der Waals surface area contributed by atoms with Crippen molar-refractivity contribution in [3.05, 3.63) is 102 Å². The Morgan fingerprint density at radius 2 is 1.64 bits per heavy atom. The maximum absolute atomic E-state index is 12.8. The minimum atomic E-state index is 0.00671. The first-order valence-corrected chi connectivity index (χ1v) is 10.3. The highest BCUT2D eigenvalue weighted by molar-refractivity contribution is 7.99. The summed E-state index contributed by atoms with van der Waals surface area (Å²) in [6.07, 6.45) is 3.54. The monoisotopic (exact) mass is 387 g/mol. The van der Waals surface area contributed by atoms with E-state index in [1.807, 2.05) is 89.8 Å². The second-order valence-electron chi connectivity index (χ2n) is 6.49. The highest BCUT2D eigenvalue weighted by Crippen LogP contribution is 2.39. The molecular weight excluding hydrogens is 366 g/mol. The predicted molar refractivity (Wildman–Crippen MR) is 115 cm³/mol. The number of thioether (sulfide) groups is 1. The van der Waals surface area contributed by atoms with Crippen LogP contribution >= 0.6 is 11.8 Å². The third-order valence-electron chi connectivity index (χ3n) is 4.51. The van der Waals surface area contributed by atoms with Crippen LogP contribution in [0, 0.1) is 0 Å². The number of rotatable bonds is 5. The van der Waals surface area contributed by atoms with E-state index >= 15 is 0 Å². The van der Waals surface area contributed by atoms with Gasteiger partial charge in [-0.1, -0.05) is 60.7 Å². The number of hydrogen-bond donors (Lipinski definition) is 0. The molecule has 3 nitrogen and oxygen atoms in total. The average Bonchev–Trinajstić information content (AvgIpc) is 3.24. The van der Waals surface area contributed by atoms with Crippen molar-refractivity contribution in [3.63, 3.8) is 0 Å². The first-order valence-electron chi connectivity index (χ1n) is 9.28. The van der Waals surface area contributed by atoms with Crippen molar-refractivity contribution in [2.75, 3.05) is 12.3 Å². The Bertz CT molecular complexity index is 957. The molecule has 1 saturated heterocycles. The van der Waals surface area contributed by atoms with Gasteiger partial charge in [-0.2, -0.15) is 0 Å². The maximum atomic E-state index is 12.8. The number of ether oxygens (including phenoxy) is 1. The van der Waals surface area contributed by atoms with Gasteiger partial charge in [-0.25, -0.2) is 0 Å². The van der Waals surface area contributed by atoms with Gasteiger partial charge in [0.15, 0.2) is 0 Å². The van der Waals surface area contributed by atoms with Crippen LogP contribution in [0.1, 0.15) is 16.5 Å². The van der Waals surface area contributed by atoms with Crippen LogP contribution in [-0.2, 0) is 4.79 Å². The van der Waals surface area contributed by atoms with Crippen molar-refractivity contribution in [1.82, 2.24) is 4.90 Å². The van der Waals surface area contributed by atoms with E-state index in [1.165, 1.54) is 0 Å². The Hall–Kier alpha value is -2.98. The summed E-state index contributed by atoms with van der Waals surface area (Å²) >= 11 is 1.78. The fourth-order valence-electron chi connectivity index (χ4n) is 3.16. The van der Waals surface area contributed by atoms with E-state index in [0.717, 1.165) is 34.9 Å². The summed E-state index contributed by atoms with van der Waals surface area (Å²) in [6.45, 7) is 0.747. The molecule has 1 aliphatic rings. The quantitative estimate of drug-likeness (QED) is 0.521. The van der Waals surface area contributed by atoms with Gasteiger partial charge in [0, 0.05) is 18.4 Å². The summed E-state index contributed by atoms with van der Waals surface area (Å²) in [5.41, 5.74) is 2.11. The van der Waals surface area contributed by atoms with E-state index in [1.54, 1.807) is 17.8 Å². The molecule has 3 aromatic rings. The van der Waals surface area contributed by atoms with Crippen LogP contribution in [0.15, 0.2) is 91.0 Å². The van der Waals surface area contributed by atoms with Gasteiger partial charge in [0.2, 0.25) is 5.91 Å². The van der Waals surface area contributed by atoms with E-state index in [4.69, 9.17) is 4.74 Å². The Kier molecular flexibility index (Phi) is 5.78. The largest absolute Gasteiger partial charge is 0.457 e. The lowest BCUT2D eigenvalue weighted by Crippen LogP contribution is -2.28. The Morgan fingerprint density at radius 1 is 0.929 bits per heavy atom. The Labute approximate surface area is 169 Å². The van der Waals surface area contributed by atoms with Crippen molar-refractivity contribution in [2.24, 2.45) is 0 Å². The van der Waals surface area contributed by atoms with Crippen molar-refractivity contribution < 1.29 is 9.53 Å². The molecule has 4 heteroatoms. The molecule has 1 amide bonds. The first kappa shape index (κ1) is 18.4. The predicted octanol–water partition coefficient (Wildman–Crippen LogP) is 5.77. The molecule has 0 aliphatic carbocycles. The number of nitrogens with zero attached hydrogens (tertiary/aromatic N) is 1. The molecule has 0 spiro atoms. The topological polar surface area (TPSA) is 29.5 Å². The molecule has 1 fully saturated rings. The van der Waals surface area contributed by atoms with E-state index in [-0.39, 0.29) is 11.3 Å². The molecule has 28 heavy (non-hydrogen) atoms. The molecule has 1 aliphatic heterocycles. The van der Waals surface area contributed by atoms with Crippen LogP contribution in [0.25, 0.3) is 6.08 Å². The lowest BCUT2D eigenvalue weighted by atomic mass is 10.2. The average molecular weight is 388 g/mol. The van der Waals surface area contributed by atoms with E-state index in [2.05, 4.69) is 6.07 Å². The number of benzene rings is 3. The SMILES string of the molecule is O=C(C=Cc1ccccc1)N1CCSC1c1cccc(Oc2ccccc2)c1. The molecule has 0 bridgehead atoms. The van der Waals surface area contributed by atoms with E-state index in [9.17, 15) is 4.79 Å². The van der Waals surface area contributed by atoms with E-state index in [0.29, 0.717) is 0 Å². The van der Waals surface area contributed by atoms with Crippen molar-refractivity contribution in [3.8, 4) is 11.5 Å². The van der Waals surface area contributed by atoms with Gasteiger partial charge < -0.3 is 9.64 Å². The third kappa shape index (κ3) is 4.46. The van der Waals surface area contributed by atoms with Crippen LogP contribution in [0.5, 0.6) is 11.5 Å². The second kappa shape index (κ2) is 8.81. The van der Waals surface area contributed by atoms with Gasteiger partial charge in [-0.05, 0) is 41.5 Å². The second-order valence-corrected chi connectivity index (χ2v) is 7.67. The van der Waals surface area contributed by atoms with Crippen LogP contribution in [0.4, 0.5) is 0 Å². The van der Waals surface area contributed by atoms with Crippen LogP contribution in [0.3, 0.4) is 0 Å². The van der Waals surface area contributed by atoms with Gasteiger partial charge in [0.05, 0.1) is 0 Å². The molecule has 1 unspecified atom stereocenters. The summed E-state index contributed by atoms with van der Waals surface area (Å²) in [6, 6.07) is 27.6. The molecule has 140 valence electrons. The van der Waals surface area contributed by atoms with Gasteiger partial charge in [0.1, 0.15) is 16.9 Å². The fraction of sp³-hybridized carbons (Fsp3) is 0.125. The third-order valence-corrected chi connectivity index (χ3v) is 5.77. The molecule has 0 aromatic heterocycles. The standard InChI is InChI=1S/C24H21NO2S/c26-23(15-14-19-8-3-1-4-9-19)25-16-17-28-24(25)20-10-7-13-22(18-20)27-21-11-5-2-6-12-21/h1-15,18,24H,16-17H2. The highest BCUT2D eigenvalue weighted by Gasteiger charge is 2.29. The number of hydrogen-bond acceptors (Lipinski definition) is 3.